The monoisotopic (exact) mass is 392 g/mol. The summed E-state index contributed by atoms with van der Waals surface area (Å²) in [5, 5.41) is 0.561. The number of para-hydroxylation sites is 1. The number of ether oxygens (including phenoxy) is 2. The van der Waals surface area contributed by atoms with E-state index in [0.29, 0.717) is 17.2 Å². The maximum atomic E-state index is 13.6. The Bertz CT molecular complexity index is 861. The summed E-state index contributed by atoms with van der Waals surface area (Å²) in [5.74, 6) is -1.39. The molecule has 0 saturated heterocycles. The average molecular weight is 393 g/mol. The van der Waals surface area contributed by atoms with Gasteiger partial charge in [0.15, 0.2) is 17.7 Å². The van der Waals surface area contributed by atoms with Crippen molar-refractivity contribution in [3.63, 3.8) is 0 Å². The molecular weight excluding hydrogens is 375 g/mol. The molecule has 0 aromatic heterocycles. The van der Waals surface area contributed by atoms with Crippen LogP contribution in [0.25, 0.3) is 0 Å². The highest BCUT2D eigenvalue weighted by Gasteiger charge is 2.27. The van der Waals surface area contributed by atoms with Crippen LogP contribution in [0.1, 0.15) is 12.5 Å². The zero-order chi connectivity index (χ0) is 19.4. The largest absolute Gasteiger partial charge is 0.492 e. The van der Waals surface area contributed by atoms with Gasteiger partial charge < -0.3 is 9.47 Å². The summed E-state index contributed by atoms with van der Waals surface area (Å²) in [5.41, 5.74) is 5.47. The maximum absolute atomic E-state index is 13.6. The Labute approximate surface area is 160 Å². The first kappa shape index (κ1) is 19.0. The lowest BCUT2D eigenvalue weighted by Gasteiger charge is -2.25. The molecule has 0 unspecified atom stereocenters. The van der Waals surface area contributed by atoms with Crippen LogP contribution in [-0.2, 0) is 16.0 Å². The van der Waals surface area contributed by atoms with E-state index in [2.05, 4.69) is 10.9 Å². The summed E-state index contributed by atoms with van der Waals surface area (Å²) in [6, 6.07) is 11.0. The fourth-order valence-corrected chi connectivity index (χ4v) is 2.84. The Balaban J connectivity index is 1.51. The van der Waals surface area contributed by atoms with Crippen molar-refractivity contribution in [1.82, 2.24) is 10.9 Å². The number of carbonyl (C=O) groups is 2. The van der Waals surface area contributed by atoms with Crippen LogP contribution in [0.15, 0.2) is 42.5 Å². The minimum atomic E-state index is -0.996. The van der Waals surface area contributed by atoms with Gasteiger partial charge in [0.2, 0.25) is 5.91 Å². The predicted octanol–water partition coefficient (Wildman–Crippen LogP) is 2.65. The van der Waals surface area contributed by atoms with Crippen LogP contribution in [-0.4, -0.2) is 24.5 Å². The molecule has 6 nitrogen and oxygen atoms in total. The smallest absolute Gasteiger partial charge is 0.279 e. The average Bonchev–Trinajstić information content (AvgIpc) is 2.66. The van der Waals surface area contributed by atoms with Crippen LogP contribution >= 0.6 is 11.6 Å². The molecule has 2 amide bonds. The molecule has 27 heavy (non-hydrogen) atoms. The summed E-state index contributed by atoms with van der Waals surface area (Å²) in [7, 11) is 0. The Morgan fingerprint density at radius 3 is 2.81 bits per heavy atom. The van der Waals surface area contributed by atoms with Crippen molar-refractivity contribution in [2.24, 2.45) is 5.92 Å². The number of hydrogen-bond donors (Lipinski definition) is 2. The lowest BCUT2D eigenvalue weighted by atomic mass is 9.96. The van der Waals surface area contributed by atoms with Crippen molar-refractivity contribution >= 4 is 23.4 Å². The van der Waals surface area contributed by atoms with Crippen LogP contribution in [0.3, 0.4) is 0 Å². The van der Waals surface area contributed by atoms with Crippen LogP contribution < -0.4 is 20.3 Å². The quantitative estimate of drug-likeness (QED) is 0.784. The summed E-state index contributed by atoms with van der Waals surface area (Å²) in [4.78, 5) is 24.4. The third-order valence-electron chi connectivity index (χ3n) is 4.12. The molecule has 2 aromatic rings. The van der Waals surface area contributed by atoms with Gasteiger partial charge in [-0.25, -0.2) is 4.39 Å². The van der Waals surface area contributed by atoms with E-state index in [1.807, 2.05) is 0 Å². The van der Waals surface area contributed by atoms with Gasteiger partial charge in [0.05, 0.1) is 5.92 Å². The van der Waals surface area contributed by atoms with Gasteiger partial charge in [-0.05, 0) is 49.2 Å². The van der Waals surface area contributed by atoms with Gasteiger partial charge in [0.25, 0.3) is 5.91 Å². The number of amides is 2. The van der Waals surface area contributed by atoms with E-state index in [9.17, 15) is 14.0 Å². The Hall–Kier alpha value is -2.80. The van der Waals surface area contributed by atoms with E-state index in [0.717, 1.165) is 5.56 Å². The molecule has 1 aliphatic heterocycles. The SMILES string of the molecule is C[C@@H](Oc1ccccc1F)C(=O)NNC(=O)[C@@H]1COc2ccc(Cl)cc2C1. The Kier molecular flexibility index (Phi) is 5.81. The van der Waals surface area contributed by atoms with Crippen LogP contribution in [0.5, 0.6) is 11.5 Å². The van der Waals surface area contributed by atoms with Crippen LogP contribution in [0, 0.1) is 11.7 Å². The molecule has 0 aliphatic carbocycles. The summed E-state index contributed by atoms with van der Waals surface area (Å²) >= 11 is 5.97. The van der Waals surface area contributed by atoms with Gasteiger partial charge in [-0.1, -0.05) is 23.7 Å². The van der Waals surface area contributed by atoms with Crippen molar-refractivity contribution < 1.29 is 23.5 Å². The molecule has 0 fully saturated rings. The highest BCUT2D eigenvalue weighted by atomic mass is 35.5. The summed E-state index contributed by atoms with van der Waals surface area (Å²) in [6.45, 7) is 1.65. The lowest BCUT2D eigenvalue weighted by molar-refractivity contribution is -0.135. The van der Waals surface area contributed by atoms with Crippen molar-refractivity contribution in [2.45, 2.75) is 19.4 Å². The van der Waals surface area contributed by atoms with Gasteiger partial charge in [0.1, 0.15) is 12.4 Å². The van der Waals surface area contributed by atoms with Crippen molar-refractivity contribution in [1.29, 1.82) is 0 Å². The first-order chi connectivity index (χ1) is 12.9. The second kappa shape index (κ2) is 8.26. The summed E-state index contributed by atoms with van der Waals surface area (Å²) < 4.78 is 24.4. The molecule has 2 aromatic carbocycles. The third-order valence-corrected chi connectivity index (χ3v) is 4.35. The highest BCUT2D eigenvalue weighted by molar-refractivity contribution is 6.30. The second-order valence-electron chi connectivity index (χ2n) is 6.13. The minimum absolute atomic E-state index is 0.0411. The molecule has 8 heteroatoms. The third kappa shape index (κ3) is 4.68. The van der Waals surface area contributed by atoms with Gasteiger partial charge in [0, 0.05) is 5.02 Å². The van der Waals surface area contributed by atoms with E-state index >= 15 is 0 Å². The highest BCUT2D eigenvalue weighted by Crippen LogP contribution is 2.29. The molecule has 0 radical (unpaired) electrons. The Morgan fingerprint density at radius 2 is 2.04 bits per heavy atom. The molecule has 3 rings (SSSR count). The zero-order valence-corrected chi connectivity index (χ0v) is 15.3. The molecule has 0 saturated carbocycles. The molecule has 1 aliphatic rings. The minimum Gasteiger partial charge on any atom is -0.492 e. The zero-order valence-electron chi connectivity index (χ0n) is 14.5. The number of hydrogen-bond acceptors (Lipinski definition) is 4. The molecule has 142 valence electrons. The number of benzene rings is 2. The number of rotatable bonds is 4. The van der Waals surface area contributed by atoms with Crippen LogP contribution in [0.4, 0.5) is 4.39 Å². The second-order valence-corrected chi connectivity index (χ2v) is 6.57. The molecular formula is C19H18ClFN2O4. The molecule has 2 N–H and O–H groups in total. The van der Waals surface area contributed by atoms with E-state index in [-0.39, 0.29) is 12.4 Å². The van der Waals surface area contributed by atoms with E-state index < -0.39 is 29.7 Å². The molecule has 1 heterocycles. The normalized spacial score (nSPS) is 16.5. The van der Waals surface area contributed by atoms with Crippen LogP contribution in [0.2, 0.25) is 5.02 Å². The van der Waals surface area contributed by atoms with Crippen molar-refractivity contribution in [3.05, 3.63) is 58.9 Å². The van der Waals surface area contributed by atoms with E-state index in [1.165, 1.54) is 25.1 Å². The van der Waals surface area contributed by atoms with Gasteiger partial charge in [-0.3, -0.25) is 20.4 Å². The van der Waals surface area contributed by atoms with E-state index in [4.69, 9.17) is 21.1 Å². The van der Waals surface area contributed by atoms with Gasteiger partial charge in [-0.15, -0.1) is 0 Å². The number of halogens is 2. The number of nitrogens with one attached hydrogen (secondary N) is 2. The number of carbonyl (C=O) groups excluding carboxylic acids is 2. The molecule has 2 atom stereocenters. The first-order valence-corrected chi connectivity index (χ1v) is 8.74. The predicted molar refractivity (Wildman–Crippen MR) is 96.9 cm³/mol. The fourth-order valence-electron chi connectivity index (χ4n) is 2.64. The number of fused-ring (bicyclic) bond motifs is 1. The van der Waals surface area contributed by atoms with Gasteiger partial charge >= 0.3 is 0 Å². The number of hydrazine groups is 1. The van der Waals surface area contributed by atoms with Crippen molar-refractivity contribution in [2.75, 3.05) is 6.61 Å². The van der Waals surface area contributed by atoms with Gasteiger partial charge in [-0.2, -0.15) is 0 Å². The summed E-state index contributed by atoms with van der Waals surface area (Å²) in [6.07, 6.45) is -0.553. The Morgan fingerprint density at radius 1 is 1.26 bits per heavy atom. The first-order valence-electron chi connectivity index (χ1n) is 8.36. The lowest BCUT2D eigenvalue weighted by Crippen LogP contribution is -2.50. The molecule has 0 bridgehead atoms. The standard InChI is InChI=1S/C19H18ClFN2O4/c1-11(27-17-5-3-2-4-15(17)21)18(24)22-23-19(25)13-8-12-9-14(20)6-7-16(12)26-10-13/h2-7,9,11,13H,8,10H2,1H3,(H,22,24)(H,23,25)/t11-,13+/m1/s1. The topological polar surface area (TPSA) is 76.7 Å². The maximum Gasteiger partial charge on any atom is 0.279 e. The fraction of sp³-hybridized carbons (Fsp3) is 0.263. The van der Waals surface area contributed by atoms with E-state index in [1.54, 1.807) is 24.3 Å². The molecule has 0 spiro atoms. The van der Waals surface area contributed by atoms with Crippen molar-refractivity contribution in [3.8, 4) is 11.5 Å².